The smallest absolute Gasteiger partial charge is 0.0321 e. The quantitative estimate of drug-likeness (QED) is 0.690. The van der Waals surface area contributed by atoms with Gasteiger partial charge in [0.05, 0.1) is 0 Å². The average Bonchev–Trinajstić information content (AvgIpc) is 1.98. The van der Waals surface area contributed by atoms with Gasteiger partial charge in [-0.1, -0.05) is 40.2 Å². The van der Waals surface area contributed by atoms with Crippen molar-refractivity contribution in [2.24, 2.45) is 17.8 Å². The molecular weight excluding hydrogens is 237 g/mol. The van der Waals surface area contributed by atoms with Gasteiger partial charge in [0.1, 0.15) is 0 Å². The number of hydrogen-bond acceptors (Lipinski definition) is 1. The predicted molar refractivity (Wildman–Crippen MR) is 53.6 cm³/mol. The van der Waals surface area contributed by atoms with Crippen LogP contribution in [-0.4, -0.2) is 12.7 Å². The Labute approximate surface area is 109 Å². The van der Waals surface area contributed by atoms with E-state index in [2.05, 4.69) is 41.5 Å². The molecule has 0 rings (SSSR count). The van der Waals surface area contributed by atoms with Crippen molar-refractivity contribution < 1.29 is 37.4 Å². The second-order valence-electron chi connectivity index (χ2n) is 3.99. The van der Waals surface area contributed by atoms with Crippen LogP contribution in [0.15, 0.2) is 0 Å². The fraction of sp³-hybridized carbons (Fsp3) is 0.818. The van der Waals surface area contributed by atoms with Gasteiger partial charge in [-0.05, 0) is 5.92 Å². The van der Waals surface area contributed by atoms with Gasteiger partial charge >= 0.3 is 0 Å². The first-order valence-corrected chi connectivity index (χ1v) is 4.74. The van der Waals surface area contributed by atoms with E-state index in [-0.39, 0.29) is 38.8 Å². The molecule has 0 aliphatic carbocycles. The van der Waals surface area contributed by atoms with Crippen LogP contribution in [-0.2, 0) is 37.4 Å². The molecular formula is C11H22OY-2. The molecule has 13 heavy (non-hydrogen) atoms. The Morgan fingerprint density at radius 2 is 1.54 bits per heavy atom. The third-order valence-electron chi connectivity index (χ3n) is 2.25. The van der Waals surface area contributed by atoms with Crippen LogP contribution < -0.4 is 0 Å². The Hall–Kier alpha value is 1.06. The molecule has 1 nitrogen and oxygen atoms in total. The Bertz CT molecular complexity index is 113. The van der Waals surface area contributed by atoms with Crippen LogP contribution in [0.2, 0.25) is 0 Å². The molecule has 0 aromatic rings. The molecule has 0 aromatic heterocycles. The summed E-state index contributed by atoms with van der Waals surface area (Å²) in [7, 11) is 0. The van der Waals surface area contributed by atoms with Crippen LogP contribution in [0.1, 0.15) is 27.7 Å². The van der Waals surface area contributed by atoms with Gasteiger partial charge in [0.2, 0.25) is 0 Å². The van der Waals surface area contributed by atoms with Gasteiger partial charge in [-0.15, -0.1) is 5.92 Å². The minimum atomic E-state index is 0. The van der Waals surface area contributed by atoms with Crippen LogP contribution in [0.25, 0.3) is 0 Å². The molecule has 0 aromatic carbocycles. The van der Waals surface area contributed by atoms with Crippen molar-refractivity contribution >= 4 is 0 Å². The van der Waals surface area contributed by atoms with E-state index in [0.29, 0.717) is 24.4 Å². The zero-order chi connectivity index (χ0) is 9.72. The summed E-state index contributed by atoms with van der Waals surface area (Å²) in [5.74, 6) is 1.47. The normalized spacial score (nSPS) is 15.7. The van der Waals surface area contributed by atoms with E-state index in [1.807, 2.05) is 0 Å². The minimum absolute atomic E-state index is 0. The minimum Gasteiger partial charge on any atom is -0.412 e. The van der Waals surface area contributed by atoms with Crippen molar-refractivity contribution in [3.05, 3.63) is 13.8 Å². The molecule has 0 saturated carbocycles. The zero-order valence-corrected chi connectivity index (χ0v) is 12.3. The summed E-state index contributed by atoms with van der Waals surface area (Å²) >= 11 is 0. The maximum absolute atomic E-state index is 5.55. The van der Waals surface area contributed by atoms with Crippen LogP contribution in [0.5, 0.6) is 0 Å². The first kappa shape index (κ1) is 16.5. The molecule has 1 radical (unpaired) electrons. The van der Waals surface area contributed by atoms with Crippen molar-refractivity contribution in [1.29, 1.82) is 0 Å². The molecule has 0 bridgehead atoms. The van der Waals surface area contributed by atoms with Gasteiger partial charge in [-0.3, -0.25) is 0 Å². The molecule has 0 aliphatic heterocycles. The largest absolute Gasteiger partial charge is 0.412 e. The fourth-order valence-electron chi connectivity index (χ4n) is 1.33. The predicted octanol–water partition coefficient (Wildman–Crippen LogP) is 2.97. The summed E-state index contributed by atoms with van der Waals surface area (Å²) in [4.78, 5) is 0. The van der Waals surface area contributed by atoms with Crippen molar-refractivity contribution in [3.8, 4) is 0 Å². The van der Waals surface area contributed by atoms with Crippen molar-refractivity contribution in [1.82, 2.24) is 0 Å². The fourth-order valence-corrected chi connectivity index (χ4v) is 1.33. The summed E-state index contributed by atoms with van der Waals surface area (Å²) in [5, 5.41) is 0. The molecule has 0 amide bonds. The number of hydrogen-bond donors (Lipinski definition) is 0. The molecule has 0 spiro atoms. The molecule has 0 saturated heterocycles. The van der Waals surface area contributed by atoms with Crippen LogP contribution >= 0.6 is 0 Å². The zero-order valence-electron chi connectivity index (χ0n) is 9.42. The second-order valence-corrected chi connectivity index (χ2v) is 3.99. The van der Waals surface area contributed by atoms with Crippen molar-refractivity contribution in [2.45, 2.75) is 33.8 Å². The third-order valence-corrected chi connectivity index (χ3v) is 2.25. The SMILES string of the molecule is [CH2-]CO[C@@H](C(C)C)[C@@H]([CH2-])C(C)C.[Y]. The Kier molecular flexibility index (Phi) is 10.6. The first-order chi connectivity index (χ1) is 5.50. The van der Waals surface area contributed by atoms with E-state index < -0.39 is 0 Å². The van der Waals surface area contributed by atoms with Gasteiger partial charge in [0.25, 0.3) is 0 Å². The third kappa shape index (κ3) is 6.20. The van der Waals surface area contributed by atoms with Crippen LogP contribution in [0.4, 0.5) is 0 Å². The van der Waals surface area contributed by atoms with Crippen molar-refractivity contribution in [2.75, 3.05) is 6.61 Å². The van der Waals surface area contributed by atoms with Gasteiger partial charge < -0.3 is 18.6 Å². The molecule has 2 heteroatoms. The Balaban J connectivity index is 0. The summed E-state index contributed by atoms with van der Waals surface area (Å²) in [6.45, 7) is 17.1. The summed E-state index contributed by atoms with van der Waals surface area (Å²) in [6, 6.07) is 0. The van der Waals surface area contributed by atoms with E-state index in [1.165, 1.54) is 0 Å². The van der Waals surface area contributed by atoms with E-state index in [4.69, 9.17) is 4.74 Å². The van der Waals surface area contributed by atoms with E-state index >= 15 is 0 Å². The van der Waals surface area contributed by atoms with E-state index in [1.54, 1.807) is 0 Å². The Morgan fingerprint density at radius 3 is 1.77 bits per heavy atom. The van der Waals surface area contributed by atoms with E-state index in [9.17, 15) is 0 Å². The monoisotopic (exact) mass is 259 g/mol. The van der Waals surface area contributed by atoms with Gasteiger partial charge in [0, 0.05) is 38.8 Å². The standard InChI is InChI=1S/C11H22O.Y/c1-7-12-11(9(4)5)10(6)8(2)3;/h8-11H,1,6-7H2,2-5H3;/q-2;/t10-,11-;/m0./s1. The number of ether oxygens (including phenoxy) is 1. The summed E-state index contributed by atoms with van der Waals surface area (Å²) in [5.41, 5.74) is 0. The molecule has 0 aliphatic rings. The number of rotatable bonds is 5. The van der Waals surface area contributed by atoms with Crippen molar-refractivity contribution in [3.63, 3.8) is 0 Å². The molecule has 77 valence electrons. The summed E-state index contributed by atoms with van der Waals surface area (Å²) < 4.78 is 5.55. The van der Waals surface area contributed by atoms with Gasteiger partial charge in [-0.2, -0.15) is 0 Å². The van der Waals surface area contributed by atoms with Crippen LogP contribution in [0, 0.1) is 31.6 Å². The molecule has 0 N–H and O–H groups in total. The molecule has 0 fully saturated rings. The molecule has 2 atom stereocenters. The molecule has 0 unspecified atom stereocenters. The van der Waals surface area contributed by atoms with Gasteiger partial charge in [0.15, 0.2) is 0 Å². The topological polar surface area (TPSA) is 9.23 Å². The van der Waals surface area contributed by atoms with E-state index in [0.717, 1.165) is 0 Å². The average molecular weight is 259 g/mol. The maximum Gasteiger partial charge on any atom is 0.0321 e. The summed E-state index contributed by atoms with van der Waals surface area (Å²) in [6.07, 6.45) is 0.252. The first-order valence-electron chi connectivity index (χ1n) is 4.74. The maximum atomic E-state index is 5.55. The second kappa shape index (κ2) is 8.38. The molecule has 0 heterocycles. The Morgan fingerprint density at radius 1 is 1.08 bits per heavy atom. The van der Waals surface area contributed by atoms with Gasteiger partial charge in [-0.25, -0.2) is 0 Å². The van der Waals surface area contributed by atoms with Crippen LogP contribution in [0.3, 0.4) is 0 Å².